The highest BCUT2D eigenvalue weighted by molar-refractivity contribution is 7.89. The molecule has 1 heterocycles. The molecule has 1 saturated heterocycles. The molecule has 2 aromatic carbocycles. The molecule has 2 aromatic rings. The van der Waals surface area contributed by atoms with Gasteiger partial charge in [-0.3, -0.25) is 0 Å². The molecule has 1 aliphatic rings. The summed E-state index contributed by atoms with van der Waals surface area (Å²) in [6.45, 7) is 2.15. The minimum absolute atomic E-state index is 0. The van der Waals surface area contributed by atoms with Crippen LogP contribution in [0.5, 0.6) is 11.5 Å². The van der Waals surface area contributed by atoms with Crippen molar-refractivity contribution in [3.63, 3.8) is 0 Å². The first-order chi connectivity index (χ1) is 13.5. The number of nitrogens with zero attached hydrogens (tertiary/aromatic N) is 1. The summed E-state index contributed by atoms with van der Waals surface area (Å²) in [6.07, 6.45) is 1.29. The standard InChI is InChI=1S/C21H28N2O4S.ClH/c1-26-19-7-3-17(4-8-19)15-23(16-18-5-9-20(27-2)10-6-18)28(24,25)21-11-13-22-14-12-21;/h3-10,21-22H,11-16H2,1-2H3;1H. The maximum Gasteiger partial charge on any atom is 0.217 e. The Hall–Kier alpha value is -1.80. The van der Waals surface area contributed by atoms with Crippen LogP contribution in [0.3, 0.4) is 0 Å². The van der Waals surface area contributed by atoms with Gasteiger partial charge >= 0.3 is 0 Å². The van der Waals surface area contributed by atoms with Gasteiger partial charge < -0.3 is 14.8 Å². The Kier molecular flexibility index (Phi) is 8.77. The highest BCUT2D eigenvalue weighted by Gasteiger charge is 2.33. The van der Waals surface area contributed by atoms with Crippen LogP contribution >= 0.6 is 12.4 Å². The third kappa shape index (κ3) is 6.09. The summed E-state index contributed by atoms with van der Waals surface area (Å²) in [5, 5.41) is 2.90. The molecule has 0 aliphatic carbocycles. The van der Waals surface area contributed by atoms with Crippen molar-refractivity contribution >= 4 is 22.4 Å². The molecule has 0 amide bonds. The smallest absolute Gasteiger partial charge is 0.217 e. The molecule has 0 aromatic heterocycles. The predicted molar refractivity (Wildman–Crippen MR) is 117 cm³/mol. The van der Waals surface area contributed by atoms with Crippen LogP contribution in [-0.2, 0) is 23.1 Å². The second-order valence-electron chi connectivity index (χ2n) is 6.96. The van der Waals surface area contributed by atoms with Gasteiger partial charge in [-0.2, -0.15) is 4.31 Å². The summed E-state index contributed by atoms with van der Waals surface area (Å²) in [7, 11) is -0.186. The molecule has 0 radical (unpaired) electrons. The van der Waals surface area contributed by atoms with Gasteiger partial charge in [0.05, 0.1) is 19.5 Å². The van der Waals surface area contributed by atoms with Gasteiger partial charge in [-0.15, -0.1) is 12.4 Å². The van der Waals surface area contributed by atoms with Gasteiger partial charge in [0.15, 0.2) is 0 Å². The number of ether oxygens (including phenoxy) is 2. The number of hydrogen-bond donors (Lipinski definition) is 1. The van der Waals surface area contributed by atoms with E-state index in [1.165, 1.54) is 0 Å². The molecule has 6 nitrogen and oxygen atoms in total. The highest BCUT2D eigenvalue weighted by Crippen LogP contribution is 2.24. The molecule has 1 fully saturated rings. The molecule has 0 unspecified atom stereocenters. The van der Waals surface area contributed by atoms with Crippen LogP contribution in [0.4, 0.5) is 0 Å². The van der Waals surface area contributed by atoms with Crippen molar-refractivity contribution in [2.45, 2.75) is 31.2 Å². The molecule has 1 N–H and O–H groups in total. The lowest BCUT2D eigenvalue weighted by Crippen LogP contribution is -2.43. The van der Waals surface area contributed by atoms with Gasteiger partial charge in [0.25, 0.3) is 0 Å². The average Bonchev–Trinajstić information content (AvgIpc) is 2.75. The van der Waals surface area contributed by atoms with E-state index < -0.39 is 10.0 Å². The molecule has 0 saturated carbocycles. The summed E-state index contributed by atoms with van der Waals surface area (Å²) in [4.78, 5) is 0. The van der Waals surface area contributed by atoms with Crippen molar-refractivity contribution in [2.75, 3.05) is 27.3 Å². The van der Waals surface area contributed by atoms with E-state index in [2.05, 4.69) is 5.32 Å². The van der Waals surface area contributed by atoms with Gasteiger partial charge in [0.1, 0.15) is 11.5 Å². The monoisotopic (exact) mass is 440 g/mol. The fourth-order valence-corrected chi connectivity index (χ4v) is 5.32. The molecular formula is C21H29ClN2O4S. The first-order valence-electron chi connectivity index (χ1n) is 9.48. The van der Waals surface area contributed by atoms with Gasteiger partial charge in [-0.25, -0.2) is 8.42 Å². The fraction of sp³-hybridized carbons (Fsp3) is 0.429. The van der Waals surface area contributed by atoms with Crippen molar-refractivity contribution in [3.8, 4) is 11.5 Å². The topological polar surface area (TPSA) is 67.9 Å². The van der Waals surface area contributed by atoms with Gasteiger partial charge in [-0.05, 0) is 61.3 Å². The van der Waals surface area contributed by atoms with Crippen LogP contribution in [0, 0.1) is 0 Å². The summed E-state index contributed by atoms with van der Waals surface area (Å²) >= 11 is 0. The maximum absolute atomic E-state index is 13.4. The first kappa shape index (κ1) is 23.5. The van der Waals surface area contributed by atoms with Gasteiger partial charge in [-0.1, -0.05) is 24.3 Å². The van der Waals surface area contributed by atoms with Crippen LogP contribution < -0.4 is 14.8 Å². The molecule has 0 atom stereocenters. The zero-order chi connectivity index (χ0) is 20.0. The largest absolute Gasteiger partial charge is 0.497 e. The van der Waals surface area contributed by atoms with Gasteiger partial charge in [0, 0.05) is 13.1 Å². The van der Waals surface area contributed by atoms with Crippen LogP contribution in [0.15, 0.2) is 48.5 Å². The lowest BCUT2D eigenvalue weighted by Gasteiger charge is -2.30. The van der Waals surface area contributed by atoms with Crippen LogP contribution in [0.1, 0.15) is 24.0 Å². The molecule has 160 valence electrons. The SMILES string of the molecule is COc1ccc(CN(Cc2ccc(OC)cc2)S(=O)(=O)C2CCNCC2)cc1.Cl. The van der Waals surface area contributed by atoms with E-state index in [1.54, 1.807) is 18.5 Å². The number of nitrogens with one attached hydrogen (secondary N) is 1. The van der Waals surface area contributed by atoms with Crippen molar-refractivity contribution in [1.82, 2.24) is 9.62 Å². The second kappa shape index (κ2) is 10.8. The maximum atomic E-state index is 13.4. The molecule has 8 heteroatoms. The lowest BCUT2D eigenvalue weighted by molar-refractivity contribution is 0.379. The Bertz CT molecular complexity index is 802. The minimum Gasteiger partial charge on any atom is -0.497 e. The van der Waals surface area contributed by atoms with Crippen LogP contribution in [0.2, 0.25) is 0 Å². The number of halogens is 1. The molecule has 29 heavy (non-hydrogen) atoms. The van der Waals surface area contributed by atoms with E-state index in [-0.39, 0.29) is 17.7 Å². The Labute approximate surface area is 179 Å². The van der Waals surface area contributed by atoms with Crippen molar-refractivity contribution < 1.29 is 17.9 Å². The number of piperidine rings is 1. The average molecular weight is 441 g/mol. The first-order valence-corrected chi connectivity index (χ1v) is 11.0. The molecular weight excluding hydrogens is 412 g/mol. The quantitative estimate of drug-likeness (QED) is 0.682. The van der Waals surface area contributed by atoms with Crippen molar-refractivity contribution in [3.05, 3.63) is 59.7 Å². The summed E-state index contributed by atoms with van der Waals surface area (Å²) in [5.41, 5.74) is 1.87. The van der Waals surface area contributed by atoms with E-state index in [0.717, 1.165) is 35.7 Å². The van der Waals surface area contributed by atoms with E-state index in [0.29, 0.717) is 25.9 Å². The number of methoxy groups -OCH3 is 2. The van der Waals surface area contributed by atoms with Crippen molar-refractivity contribution in [1.29, 1.82) is 0 Å². The minimum atomic E-state index is -3.42. The predicted octanol–water partition coefficient (Wildman–Crippen LogP) is 3.21. The zero-order valence-electron chi connectivity index (χ0n) is 16.8. The Morgan fingerprint density at radius 2 is 1.28 bits per heavy atom. The number of hydrogen-bond acceptors (Lipinski definition) is 5. The fourth-order valence-electron chi connectivity index (χ4n) is 3.41. The Morgan fingerprint density at radius 3 is 1.66 bits per heavy atom. The third-order valence-electron chi connectivity index (χ3n) is 5.10. The molecule has 0 bridgehead atoms. The summed E-state index contributed by atoms with van der Waals surface area (Å²) < 4.78 is 38.8. The van der Waals surface area contributed by atoms with E-state index in [1.807, 2.05) is 48.5 Å². The highest BCUT2D eigenvalue weighted by atomic mass is 35.5. The normalized spacial score (nSPS) is 15.0. The van der Waals surface area contributed by atoms with Crippen LogP contribution in [0.25, 0.3) is 0 Å². The Balaban J connectivity index is 0.00000300. The zero-order valence-corrected chi connectivity index (χ0v) is 18.5. The van der Waals surface area contributed by atoms with Gasteiger partial charge in [0.2, 0.25) is 10.0 Å². The molecule has 3 rings (SSSR count). The van der Waals surface area contributed by atoms with Crippen LogP contribution in [-0.4, -0.2) is 45.3 Å². The Morgan fingerprint density at radius 1 is 0.862 bits per heavy atom. The van der Waals surface area contributed by atoms with Crippen molar-refractivity contribution in [2.24, 2.45) is 0 Å². The second-order valence-corrected chi connectivity index (χ2v) is 9.17. The molecule has 0 spiro atoms. The van der Waals surface area contributed by atoms with E-state index in [9.17, 15) is 8.42 Å². The third-order valence-corrected chi connectivity index (χ3v) is 7.40. The summed E-state index contributed by atoms with van der Waals surface area (Å²) in [5.74, 6) is 1.51. The summed E-state index contributed by atoms with van der Waals surface area (Å²) in [6, 6.07) is 15.1. The van der Waals surface area contributed by atoms with E-state index >= 15 is 0 Å². The number of rotatable bonds is 8. The lowest BCUT2D eigenvalue weighted by atomic mass is 10.2. The van der Waals surface area contributed by atoms with E-state index in [4.69, 9.17) is 9.47 Å². The number of sulfonamides is 1. The molecule has 1 aliphatic heterocycles. The number of benzene rings is 2.